The first kappa shape index (κ1) is 21.0. The van der Waals surface area contributed by atoms with Gasteiger partial charge in [0.25, 0.3) is 0 Å². The van der Waals surface area contributed by atoms with E-state index in [0.29, 0.717) is 5.54 Å². The van der Waals surface area contributed by atoms with Gasteiger partial charge < -0.3 is 10.2 Å². The van der Waals surface area contributed by atoms with Gasteiger partial charge in [0.15, 0.2) is 0 Å². The van der Waals surface area contributed by atoms with E-state index in [1.807, 2.05) is 0 Å². The number of rotatable bonds is 2. The lowest BCUT2D eigenvalue weighted by Crippen LogP contribution is -2.54. The summed E-state index contributed by atoms with van der Waals surface area (Å²) < 4.78 is 0. The van der Waals surface area contributed by atoms with Crippen molar-refractivity contribution in [2.75, 3.05) is 39.8 Å². The van der Waals surface area contributed by atoms with Crippen molar-refractivity contribution in [2.24, 2.45) is 0 Å². The second-order valence-corrected chi connectivity index (χ2v) is 7.93. The van der Waals surface area contributed by atoms with Crippen LogP contribution in [0.3, 0.4) is 0 Å². The van der Waals surface area contributed by atoms with E-state index in [0.717, 1.165) is 12.0 Å². The van der Waals surface area contributed by atoms with Gasteiger partial charge in [-0.1, -0.05) is 30.3 Å². The van der Waals surface area contributed by atoms with E-state index in [1.165, 1.54) is 70.4 Å². The number of nitrogens with one attached hydrogen (secondary N) is 1. The van der Waals surface area contributed by atoms with Crippen LogP contribution in [0.15, 0.2) is 30.3 Å². The van der Waals surface area contributed by atoms with Crippen molar-refractivity contribution < 1.29 is 0 Å². The van der Waals surface area contributed by atoms with Crippen molar-refractivity contribution in [3.05, 3.63) is 35.9 Å². The highest BCUT2D eigenvalue weighted by Gasteiger charge is 2.46. The average molecular weight is 386 g/mol. The summed E-state index contributed by atoms with van der Waals surface area (Å²) in [5.74, 6) is 0.728. The number of nitrogens with zero attached hydrogens (tertiary/aromatic N) is 2. The van der Waals surface area contributed by atoms with Gasteiger partial charge >= 0.3 is 0 Å². The lowest BCUT2D eigenvalue weighted by molar-refractivity contribution is 0.0415. The summed E-state index contributed by atoms with van der Waals surface area (Å²) in [6.07, 6.45) is 6.76. The lowest BCUT2D eigenvalue weighted by atomic mass is 9.81. The zero-order valence-corrected chi connectivity index (χ0v) is 17.0. The smallest absolute Gasteiger partial charge is 0.0237 e. The molecule has 0 bridgehead atoms. The number of hydrogen-bond donors (Lipinski definition) is 1. The zero-order chi connectivity index (χ0) is 15.7. The van der Waals surface area contributed by atoms with Gasteiger partial charge in [0.05, 0.1) is 0 Å². The van der Waals surface area contributed by atoms with Gasteiger partial charge in [-0.25, -0.2) is 0 Å². The maximum Gasteiger partial charge on any atom is 0.0237 e. The molecule has 3 aliphatic rings. The van der Waals surface area contributed by atoms with Crippen LogP contribution < -0.4 is 5.32 Å². The Bertz CT molecular complexity index is 511. The molecule has 3 aliphatic heterocycles. The van der Waals surface area contributed by atoms with Crippen LogP contribution in [-0.2, 0) is 0 Å². The fraction of sp³-hybridized carbons (Fsp3) is 0.700. The third kappa shape index (κ3) is 4.33. The van der Waals surface area contributed by atoms with Crippen molar-refractivity contribution >= 4 is 24.8 Å². The Morgan fingerprint density at radius 2 is 1.64 bits per heavy atom. The largest absolute Gasteiger partial charge is 0.317 e. The summed E-state index contributed by atoms with van der Waals surface area (Å²) in [6.45, 7) is 6.26. The molecule has 1 unspecified atom stereocenters. The molecule has 0 amide bonds. The summed E-state index contributed by atoms with van der Waals surface area (Å²) in [5.41, 5.74) is 2.00. The second-order valence-electron chi connectivity index (χ2n) is 7.93. The fourth-order valence-corrected chi connectivity index (χ4v) is 5.21. The number of hydrogen-bond acceptors (Lipinski definition) is 3. The Labute approximate surface area is 165 Å². The molecule has 25 heavy (non-hydrogen) atoms. The predicted octanol–water partition coefficient (Wildman–Crippen LogP) is 3.54. The van der Waals surface area contributed by atoms with Crippen LogP contribution in [0.2, 0.25) is 0 Å². The molecule has 1 aromatic carbocycles. The molecule has 1 N–H and O–H groups in total. The lowest BCUT2D eigenvalue weighted by Gasteiger charge is -2.46. The summed E-state index contributed by atoms with van der Waals surface area (Å²) in [5, 5.41) is 3.50. The molecule has 3 nitrogen and oxygen atoms in total. The van der Waals surface area contributed by atoms with Crippen molar-refractivity contribution in [3.8, 4) is 0 Å². The number of likely N-dealkylation sites (N-methyl/N-ethyl adjacent to an activating group) is 1. The normalized spacial score (nSPS) is 27.6. The SMILES string of the molecule is CN1CC(c2ccccc2)CC12CCN(C1CCNCC1)CC2.Cl.Cl. The highest BCUT2D eigenvalue weighted by atomic mass is 35.5. The fourth-order valence-electron chi connectivity index (χ4n) is 5.21. The van der Waals surface area contributed by atoms with Gasteiger partial charge in [-0.05, 0) is 63.7 Å². The number of likely N-dealkylation sites (tertiary alicyclic amines) is 2. The Morgan fingerprint density at radius 3 is 2.28 bits per heavy atom. The van der Waals surface area contributed by atoms with Crippen molar-refractivity contribution in [3.63, 3.8) is 0 Å². The minimum absolute atomic E-state index is 0. The van der Waals surface area contributed by atoms with Gasteiger partial charge in [-0.2, -0.15) is 0 Å². The molecule has 1 spiro atoms. The van der Waals surface area contributed by atoms with Crippen LogP contribution in [-0.4, -0.2) is 61.2 Å². The van der Waals surface area contributed by atoms with E-state index < -0.39 is 0 Å². The molecule has 5 heteroatoms. The first-order chi connectivity index (χ1) is 11.3. The quantitative estimate of drug-likeness (QED) is 0.839. The molecule has 0 aromatic heterocycles. The van der Waals surface area contributed by atoms with Gasteiger partial charge in [0.2, 0.25) is 0 Å². The highest BCUT2D eigenvalue weighted by molar-refractivity contribution is 5.85. The molecule has 0 radical (unpaired) electrons. The van der Waals surface area contributed by atoms with E-state index in [1.54, 1.807) is 0 Å². The van der Waals surface area contributed by atoms with Crippen molar-refractivity contribution in [1.82, 2.24) is 15.1 Å². The third-order valence-corrected chi connectivity index (χ3v) is 6.76. The van der Waals surface area contributed by atoms with Crippen molar-refractivity contribution in [1.29, 1.82) is 0 Å². The van der Waals surface area contributed by atoms with Gasteiger partial charge in [-0.15, -0.1) is 24.8 Å². The molecule has 142 valence electrons. The van der Waals surface area contributed by atoms with Crippen LogP contribution in [0.25, 0.3) is 0 Å². The Morgan fingerprint density at radius 1 is 1.00 bits per heavy atom. The minimum Gasteiger partial charge on any atom is -0.317 e. The molecule has 4 rings (SSSR count). The van der Waals surface area contributed by atoms with Crippen LogP contribution in [0, 0.1) is 0 Å². The van der Waals surface area contributed by atoms with Gasteiger partial charge in [0.1, 0.15) is 0 Å². The summed E-state index contributed by atoms with van der Waals surface area (Å²) in [4.78, 5) is 5.47. The minimum atomic E-state index is 0. The summed E-state index contributed by atoms with van der Waals surface area (Å²) in [6, 6.07) is 12.0. The molecular formula is C20H33Cl2N3. The molecule has 1 atom stereocenters. The molecule has 0 aliphatic carbocycles. The summed E-state index contributed by atoms with van der Waals surface area (Å²) >= 11 is 0. The average Bonchev–Trinajstić information content (AvgIpc) is 2.94. The van der Waals surface area contributed by atoms with Gasteiger partial charge in [0, 0.05) is 31.2 Å². The van der Waals surface area contributed by atoms with Crippen LogP contribution in [0.5, 0.6) is 0 Å². The number of benzene rings is 1. The highest BCUT2D eigenvalue weighted by Crippen LogP contribution is 2.44. The number of halogens is 2. The van der Waals surface area contributed by atoms with E-state index in [4.69, 9.17) is 0 Å². The van der Waals surface area contributed by atoms with Crippen molar-refractivity contribution in [2.45, 2.75) is 49.6 Å². The Kier molecular flexibility index (Phi) is 7.60. The first-order valence-electron chi connectivity index (χ1n) is 9.48. The topological polar surface area (TPSA) is 18.5 Å². The molecule has 3 heterocycles. The van der Waals surface area contributed by atoms with Crippen LogP contribution >= 0.6 is 24.8 Å². The summed E-state index contributed by atoms with van der Waals surface area (Å²) in [7, 11) is 2.36. The van der Waals surface area contributed by atoms with Crippen LogP contribution in [0.1, 0.15) is 43.6 Å². The molecule has 3 fully saturated rings. The Hall–Kier alpha value is -0.320. The number of piperidine rings is 2. The van der Waals surface area contributed by atoms with E-state index in [2.05, 4.69) is 52.5 Å². The van der Waals surface area contributed by atoms with E-state index >= 15 is 0 Å². The molecule has 1 aromatic rings. The standard InChI is InChI=1S/C20H31N3.2ClH/c1-22-16-18(17-5-3-2-4-6-17)15-20(22)9-13-23(14-10-20)19-7-11-21-12-8-19;;/h2-6,18-19,21H,7-16H2,1H3;2*1H. The van der Waals surface area contributed by atoms with E-state index in [9.17, 15) is 0 Å². The van der Waals surface area contributed by atoms with Crippen LogP contribution in [0.4, 0.5) is 0 Å². The Balaban J connectivity index is 0.00000113. The first-order valence-corrected chi connectivity index (χ1v) is 9.48. The molecule has 3 saturated heterocycles. The second kappa shape index (κ2) is 9.05. The van der Waals surface area contributed by atoms with E-state index in [-0.39, 0.29) is 24.8 Å². The monoisotopic (exact) mass is 385 g/mol. The van der Waals surface area contributed by atoms with Gasteiger partial charge in [-0.3, -0.25) is 4.90 Å². The zero-order valence-electron chi connectivity index (χ0n) is 15.3. The maximum atomic E-state index is 3.50. The molecular weight excluding hydrogens is 353 g/mol. The maximum absolute atomic E-state index is 3.50. The predicted molar refractivity (Wildman–Crippen MR) is 110 cm³/mol. The molecule has 0 saturated carbocycles. The third-order valence-electron chi connectivity index (χ3n) is 6.76.